The van der Waals surface area contributed by atoms with Crippen molar-refractivity contribution >= 4 is 41.0 Å². The lowest BCUT2D eigenvalue weighted by Gasteiger charge is -2.36. The van der Waals surface area contributed by atoms with E-state index >= 15 is 0 Å². The summed E-state index contributed by atoms with van der Waals surface area (Å²) in [5, 5.41) is 47.2. The lowest BCUT2D eigenvalue weighted by atomic mass is 9.77. The molecule has 0 unspecified atom stereocenters. The second kappa shape index (κ2) is 12.5. The van der Waals surface area contributed by atoms with Crippen molar-refractivity contribution in [1.82, 2.24) is 29.4 Å². The maximum Gasteiger partial charge on any atom is 0.340 e. The number of esters is 1. The highest BCUT2D eigenvalue weighted by Gasteiger charge is 2.53. The first kappa shape index (κ1) is 32.7. The minimum Gasteiger partial charge on any atom is -0.508 e. The fourth-order valence-electron chi connectivity index (χ4n) is 7.15. The lowest BCUT2D eigenvalue weighted by Crippen LogP contribution is -2.45. The molecule has 4 aliphatic heterocycles. The number of nitrogens with zero attached hydrogens (tertiary/aromatic N) is 7. The number of carbonyl (C=O) groups excluding carboxylic acids is 1. The minimum atomic E-state index is -1.40. The van der Waals surface area contributed by atoms with E-state index in [1.165, 1.54) is 24.3 Å². The summed E-state index contributed by atoms with van der Waals surface area (Å²) in [5.74, 6) is 0.146. The number of phenolic OH excluding ortho intramolecular Hbond substituents is 2. The van der Waals surface area contributed by atoms with Gasteiger partial charge < -0.3 is 50.2 Å². The number of carbonyl (C=O) groups is 1. The second-order valence-electron chi connectivity index (χ2n) is 12.8. The van der Waals surface area contributed by atoms with Gasteiger partial charge in [0.2, 0.25) is 23.1 Å². The largest absolute Gasteiger partial charge is 0.508 e. The van der Waals surface area contributed by atoms with Crippen LogP contribution in [0.5, 0.6) is 23.0 Å². The van der Waals surface area contributed by atoms with Crippen LogP contribution < -0.4 is 26.2 Å². The van der Waals surface area contributed by atoms with Crippen molar-refractivity contribution in [3.05, 3.63) is 99.3 Å². The van der Waals surface area contributed by atoms with Crippen molar-refractivity contribution in [3.8, 4) is 23.0 Å². The van der Waals surface area contributed by atoms with E-state index in [2.05, 4.69) is 35.6 Å². The van der Waals surface area contributed by atoms with Gasteiger partial charge in [0.05, 0.1) is 24.6 Å². The van der Waals surface area contributed by atoms with E-state index in [0.29, 0.717) is 52.7 Å². The molecule has 0 bridgehead atoms. The molecule has 5 aromatic rings. The number of benzene rings is 3. The van der Waals surface area contributed by atoms with Crippen LogP contribution in [0.2, 0.25) is 5.28 Å². The molecule has 1 spiro atoms. The third-order valence-electron chi connectivity index (χ3n) is 9.57. The number of ether oxygens (including phenoxy) is 3. The number of nitrogens with one attached hydrogen (secondary N) is 2. The first-order valence-electron chi connectivity index (χ1n) is 16.7. The molecule has 0 saturated carbocycles. The van der Waals surface area contributed by atoms with Gasteiger partial charge in [-0.1, -0.05) is 6.07 Å². The van der Waals surface area contributed by atoms with Crippen molar-refractivity contribution in [1.29, 1.82) is 0 Å². The Morgan fingerprint density at radius 1 is 0.925 bits per heavy atom. The van der Waals surface area contributed by atoms with Gasteiger partial charge in [-0.15, -0.1) is 0 Å². The van der Waals surface area contributed by atoms with Gasteiger partial charge in [0.15, 0.2) is 16.4 Å². The zero-order chi connectivity index (χ0) is 36.4. The smallest absolute Gasteiger partial charge is 0.340 e. The summed E-state index contributed by atoms with van der Waals surface area (Å²) < 4.78 is 19.8. The number of anilines is 3. The number of hydrogen-bond acceptors (Lipinski definition) is 16. The number of phenols is 2. The molecule has 2 aromatic heterocycles. The molecule has 6 heterocycles. The number of fused-ring (bicyclic) bond motifs is 7. The van der Waals surface area contributed by atoms with Gasteiger partial charge in [-0.3, -0.25) is 4.57 Å². The lowest BCUT2D eigenvalue weighted by molar-refractivity contribution is -0.0242. The third-order valence-corrected chi connectivity index (χ3v) is 9.74. The molecule has 3 aromatic carbocycles. The monoisotopic (exact) mass is 739 g/mol. The average molecular weight is 740 g/mol. The SMILES string of the molecule is O=C1OC2(c3ccc(O)cc3Oc3cc(O)ccc32)c2ccc(Nc3nc(Cl)nc(NCCN4CN=c5c(ncn5[C@H]5CC[C@@H](CO)O5)=C4O)n3)cc21. The van der Waals surface area contributed by atoms with Gasteiger partial charge in [0.25, 0.3) is 0 Å². The number of rotatable bonds is 8. The summed E-state index contributed by atoms with van der Waals surface area (Å²) in [7, 11) is 0. The fourth-order valence-corrected chi connectivity index (χ4v) is 7.31. The van der Waals surface area contributed by atoms with Gasteiger partial charge in [-0.05, 0) is 60.8 Å². The molecule has 270 valence electrons. The average Bonchev–Trinajstić information content (AvgIpc) is 3.86. The van der Waals surface area contributed by atoms with E-state index in [9.17, 15) is 25.2 Å². The summed E-state index contributed by atoms with van der Waals surface area (Å²) in [5.41, 5.74) is 1.42. The number of halogens is 1. The van der Waals surface area contributed by atoms with Crippen molar-refractivity contribution < 1.29 is 39.4 Å². The number of aromatic nitrogens is 5. The van der Waals surface area contributed by atoms with Crippen LogP contribution in [-0.4, -0.2) is 88.3 Å². The Bertz CT molecular complexity index is 2390. The number of aliphatic hydroxyl groups is 2. The highest BCUT2D eigenvalue weighted by atomic mass is 35.5. The van der Waals surface area contributed by atoms with E-state index in [-0.39, 0.29) is 77.2 Å². The highest BCUT2D eigenvalue weighted by molar-refractivity contribution is 6.28. The molecule has 9 rings (SSSR count). The summed E-state index contributed by atoms with van der Waals surface area (Å²) >= 11 is 6.26. The molecule has 53 heavy (non-hydrogen) atoms. The zero-order valence-corrected chi connectivity index (χ0v) is 28.4. The Hall–Kier alpha value is -6.17. The molecule has 0 radical (unpaired) electrons. The van der Waals surface area contributed by atoms with Crippen LogP contribution in [0.25, 0.3) is 5.88 Å². The Morgan fingerprint density at radius 3 is 2.40 bits per heavy atom. The predicted octanol–water partition coefficient (Wildman–Crippen LogP) is 2.74. The van der Waals surface area contributed by atoms with Crippen LogP contribution in [0.1, 0.15) is 46.1 Å². The maximum absolute atomic E-state index is 13.5. The van der Waals surface area contributed by atoms with Crippen LogP contribution in [0.15, 0.2) is 65.9 Å². The van der Waals surface area contributed by atoms with Crippen molar-refractivity contribution in [3.63, 3.8) is 0 Å². The van der Waals surface area contributed by atoms with Crippen LogP contribution in [0.3, 0.4) is 0 Å². The summed E-state index contributed by atoms with van der Waals surface area (Å²) in [6.07, 6.45) is 2.49. The summed E-state index contributed by atoms with van der Waals surface area (Å²) in [4.78, 5) is 36.9. The van der Waals surface area contributed by atoms with Crippen molar-refractivity contribution in [2.45, 2.75) is 30.8 Å². The molecule has 4 aliphatic rings. The maximum atomic E-state index is 13.5. The van der Waals surface area contributed by atoms with E-state index in [1.807, 2.05) is 0 Å². The Balaban J connectivity index is 0.924. The second-order valence-corrected chi connectivity index (χ2v) is 13.1. The Morgan fingerprint density at radius 2 is 1.66 bits per heavy atom. The predicted molar refractivity (Wildman–Crippen MR) is 185 cm³/mol. The normalized spacial score (nSPS) is 19.1. The molecule has 17 nitrogen and oxygen atoms in total. The Kier molecular flexibility index (Phi) is 7.72. The van der Waals surface area contributed by atoms with E-state index < -0.39 is 11.6 Å². The zero-order valence-electron chi connectivity index (χ0n) is 27.6. The van der Waals surface area contributed by atoms with Gasteiger partial charge in [-0.25, -0.2) is 14.8 Å². The van der Waals surface area contributed by atoms with Gasteiger partial charge in [-0.2, -0.15) is 15.0 Å². The third kappa shape index (κ3) is 5.47. The number of imidazole rings is 1. The van der Waals surface area contributed by atoms with Crippen LogP contribution in [0, 0.1) is 0 Å². The van der Waals surface area contributed by atoms with E-state index in [1.54, 1.807) is 46.1 Å². The molecule has 0 aliphatic carbocycles. The molecule has 1 saturated heterocycles. The quantitative estimate of drug-likeness (QED) is 0.126. The standard InChI is InChI=1S/C35H30ClN9O8/c36-32-41-33(37-9-10-44-15-39-29-28(30(44)49)38-16-45(29)27-8-4-20(14-46)51-27)43-34(42-32)40-17-1-5-22-21(11-17)31(50)53-35(22)23-6-2-18(47)12-25(23)52-26-13-19(48)3-7-24(26)35/h1-3,5-7,11-13,16,20,27,46-49H,4,8-10,14-15H2,(H2,37,40,41,42,43)/t20-,27+/m0/s1. The first-order valence-corrected chi connectivity index (χ1v) is 17.0. The molecule has 6 N–H and O–H groups in total. The molecule has 18 heteroatoms. The van der Waals surface area contributed by atoms with Crippen LogP contribution in [-0.2, 0) is 15.1 Å². The highest BCUT2D eigenvalue weighted by Crippen LogP contribution is 2.57. The van der Waals surface area contributed by atoms with Gasteiger partial charge >= 0.3 is 5.97 Å². The van der Waals surface area contributed by atoms with Gasteiger partial charge in [0, 0.05) is 47.6 Å². The summed E-state index contributed by atoms with van der Waals surface area (Å²) in [6, 6.07) is 14.2. The Labute approximate surface area is 304 Å². The number of aromatic hydroxyl groups is 2. The molecule has 2 atom stereocenters. The van der Waals surface area contributed by atoms with E-state index in [4.69, 9.17) is 25.8 Å². The number of aliphatic hydroxyl groups excluding tert-OH is 2. The minimum absolute atomic E-state index is 0.0239. The van der Waals surface area contributed by atoms with Gasteiger partial charge in [0.1, 0.15) is 35.9 Å². The van der Waals surface area contributed by atoms with Crippen LogP contribution >= 0.6 is 11.6 Å². The van der Waals surface area contributed by atoms with Crippen molar-refractivity contribution in [2.24, 2.45) is 4.99 Å². The topological polar surface area (TPSA) is 222 Å². The number of hydrogen-bond donors (Lipinski definition) is 6. The van der Waals surface area contributed by atoms with Crippen molar-refractivity contribution in [2.75, 3.05) is 37.0 Å². The van der Waals surface area contributed by atoms with E-state index in [0.717, 1.165) is 6.42 Å². The summed E-state index contributed by atoms with van der Waals surface area (Å²) in [6.45, 7) is 0.755. The van der Waals surface area contributed by atoms with Crippen LogP contribution in [0.4, 0.5) is 17.6 Å². The molecular weight excluding hydrogens is 710 g/mol. The molecule has 1 fully saturated rings. The molecule has 0 amide bonds. The fraction of sp³-hybridized carbons (Fsp3) is 0.257. The molecular formula is C35H30ClN9O8. The first-order chi connectivity index (χ1) is 25.7.